The highest BCUT2D eigenvalue weighted by molar-refractivity contribution is 8.05. The Morgan fingerprint density at radius 1 is 1.10 bits per heavy atom. The summed E-state index contributed by atoms with van der Waals surface area (Å²) in [5.74, 6) is -0.103. The number of amides is 1. The van der Waals surface area contributed by atoms with Crippen LogP contribution in [0.2, 0.25) is 0 Å². The van der Waals surface area contributed by atoms with Crippen molar-refractivity contribution in [3.63, 3.8) is 0 Å². The monoisotopic (exact) mass is 285 g/mol. The molecule has 2 N–H and O–H groups in total. The van der Waals surface area contributed by atoms with Gasteiger partial charge in [0.1, 0.15) is 5.50 Å². The van der Waals surface area contributed by atoms with Gasteiger partial charge < -0.3 is 5.73 Å². The highest BCUT2D eigenvalue weighted by Gasteiger charge is 2.33. The fourth-order valence-corrected chi connectivity index (χ4v) is 2.48. The maximum Gasteiger partial charge on any atom is 0.266 e. The zero-order valence-electron chi connectivity index (χ0n) is 10.8. The highest BCUT2D eigenvalue weighted by Crippen LogP contribution is 2.34. The first-order valence-electron chi connectivity index (χ1n) is 6.05. The summed E-state index contributed by atoms with van der Waals surface area (Å²) in [4.78, 5) is 17.5. The van der Waals surface area contributed by atoms with Crippen molar-refractivity contribution in [2.45, 2.75) is 5.50 Å². The number of rotatable bonds is 1. The second-order valence-corrected chi connectivity index (χ2v) is 5.18. The summed E-state index contributed by atoms with van der Waals surface area (Å²) in [5.41, 5.74) is 6.27. The minimum absolute atomic E-state index is 0.103. The molecule has 102 valence electrons. The Hall–Kier alpha value is -2.11. The van der Waals surface area contributed by atoms with Crippen LogP contribution in [0, 0.1) is 0 Å². The number of para-hydroxylation sites is 1. The van der Waals surface area contributed by atoms with Crippen molar-refractivity contribution < 1.29 is 4.79 Å². The van der Waals surface area contributed by atoms with Gasteiger partial charge in [-0.15, -0.1) is 0 Å². The van der Waals surface area contributed by atoms with E-state index in [0.29, 0.717) is 4.91 Å². The van der Waals surface area contributed by atoms with Crippen LogP contribution in [0.25, 0.3) is 0 Å². The Morgan fingerprint density at radius 3 is 2.10 bits per heavy atom. The maximum atomic E-state index is 11.6. The number of hydrogen-bond donors (Lipinski definition) is 1. The molecule has 1 atom stereocenters. The molecule has 4 nitrogen and oxygen atoms in total. The lowest BCUT2D eigenvalue weighted by molar-refractivity contribution is -0.114. The molecule has 1 aromatic heterocycles. The Bertz CT molecular complexity index is 547. The first-order chi connectivity index (χ1) is 9.70. The molecular weight excluding hydrogens is 270 g/mol. The topological polar surface area (TPSA) is 59.2 Å². The van der Waals surface area contributed by atoms with Crippen molar-refractivity contribution in [1.29, 1.82) is 0 Å². The van der Waals surface area contributed by atoms with Gasteiger partial charge in [-0.05, 0) is 24.3 Å². The summed E-state index contributed by atoms with van der Waals surface area (Å²) >= 11 is 1.29. The van der Waals surface area contributed by atoms with Gasteiger partial charge in [-0.3, -0.25) is 14.7 Å². The second kappa shape index (κ2) is 6.88. The number of hydrogen-bond acceptors (Lipinski definition) is 4. The van der Waals surface area contributed by atoms with Gasteiger partial charge in [0.25, 0.3) is 5.91 Å². The van der Waals surface area contributed by atoms with E-state index in [1.807, 2.05) is 48.5 Å². The Labute approximate surface area is 122 Å². The van der Waals surface area contributed by atoms with E-state index in [-0.39, 0.29) is 11.4 Å². The summed E-state index contributed by atoms with van der Waals surface area (Å²) in [6.07, 6.45) is 3.50. The zero-order chi connectivity index (χ0) is 14.4. The third-order valence-corrected chi connectivity index (χ3v) is 3.49. The molecule has 5 heteroatoms. The van der Waals surface area contributed by atoms with Crippen molar-refractivity contribution >= 4 is 23.4 Å². The quantitative estimate of drug-likeness (QED) is 0.818. The molecular formula is C15H15N3OS. The van der Waals surface area contributed by atoms with E-state index in [1.54, 1.807) is 17.3 Å². The first-order valence-corrected chi connectivity index (χ1v) is 6.93. The summed E-state index contributed by atoms with van der Waals surface area (Å²) in [7, 11) is 0. The molecule has 1 unspecified atom stereocenters. The van der Waals surface area contributed by atoms with Crippen molar-refractivity contribution in [1.82, 2.24) is 4.98 Å². The lowest BCUT2D eigenvalue weighted by Gasteiger charge is -2.19. The summed E-state index contributed by atoms with van der Waals surface area (Å²) in [6.45, 7) is 3.65. The highest BCUT2D eigenvalue weighted by atomic mass is 32.2. The fraction of sp³-hybridized carbons (Fsp3) is 0.0667. The van der Waals surface area contributed by atoms with Crippen molar-refractivity contribution in [3.05, 3.63) is 72.4 Å². The second-order valence-electron chi connectivity index (χ2n) is 3.97. The minimum atomic E-state index is -0.350. The lowest BCUT2D eigenvalue weighted by Crippen LogP contribution is -2.37. The summed E-state index contributed by atoms with van der Waals surface area (Å²) < 4.78 is 0. The van der Waals surface area contributed by atoms with Crippen LogP contribution >= 0.6 is 11.8 Å². The van der Waals surface area contributed by atoms with Gasteiger partial charge >= 0.3 is 0 Å². The molecule has 0 spiro atoms. The smallest absolute Gasteiger partial charge is 0.266 e. The summed E-state index contributed by atoms with van der Waals surface area (Å²) in [6, 6.07) is 15.1. The van der Waals surface area contributed by atoms with Crippen LogP contribution in [0.15, 0.2) is 72.4 Å². The lowest BCUT2D eigenvalue weighted by atomic mass is 10.3. The van der Waals surface area contributed by atoms with E-state index in [2.05, 4.69) is 11.6 Å². The molecule has 2 heterocycles. The zero-order valence-corrected chi connectivity index (χ0v) is 11.7. The third-order valence-electron chi connectivity index (χ3n) is 2.58. The number of nitrogens with two attached hydrogens (primary N) is 1. The number of pyridine rings is 1. The van der Waals surface area contributed by atoms with E-state index in [0.717, 1.165) is 5.69 Å². The molecule has 1 saturated heterocycles. The van der Waals surface area contributed by atoms with E-state index >= 15 is 0 Å². The number of benzene rings is 1. The minimum Gasteiger partial charge on any atom is -0.302 e. The maximum absolute atomic E-state index is 11.6. The molecule has 2 aromatic rings. The van der Waals surface area contributed by atoms with Gasteiger partial charge in [0.2, 0.25) is 0 Å². The molecule has 0 saturated carbocycles. The largest absolute Gasteiger partial charge is 0.302 e. The van der Waals surface area contributed by atoms with Gasteiger partial charge in [-0.2, -0.15) is 0 Å². The van der Waals surface area contributed by atoms with Crippen LogP contribution in [-0.2, 0) is 4.79 Å². The number of thioether (sulfide) groups is 1. The number of aromatic nitrogens is 1. The normalized spacial score (nSPS) is 17.6. The fourth-order valence-electron chi connectivity index (χ4n) is 1.66. The number of anilines is 1. The first kappa shape index (κ1) is 14.3. The molecule has 20 heavy (non-hydrogen) atoms. The number of nitrogens with zero attached hydrogens (tertiary/aromatic N) is 2. The molecule has 0 bridgehead atoms. The van der Waals surface area contributed by atoms with Crippen LogP contribution in [-0.4, -0.2) is 16.4 Å². The SMILES string of the molecule is C=C1SC(N)N(c2ccccc2)C1=O.c1ccncc1. The molecule has 0 aliphatic carbocycles. The number of carbonyl (C=O) groups is 1. The average molecular weight is 285 g/mol. The van der Waals surface area contributed by atoms with E-state index in [4.69, 9.17) is 5.73 Å². The molecule has 3 rings (SSSR count). The molecule has 1 aliphatic rings. The van der Waals surface area contributed by atoms with Gasteiger partial charge in [0.15, 0.2) is 0 Å². The van der Waals surface area contributed by atoms with E-state index in [1.165, 1.54) is 11.8 Å². The van der Waals surface area contributed by atoms with Crippen LogP contribution in [0.3, 0.4) is 0 Å². The van der Waals surface area contributed by atoms with Crippen molar-refractivity contribution in [3.8, 4) is 0 Å². The van der Waals surface area contributed by atoms with Crippen molar-refractivity contribution in [2.24, 2.45) is 5.73 Å². The van der Waals surface area contributed by atoms with E-state index < -0.39 is 0 Å². The number of carbonyl (C=O) groups excluding carboxylic acids is 1. The van der Waals surface area contributed by atoms with E-state index in [9.17, 15) is 4.79 Å². The Kier molecular flexibility index (Phi) is 4.92. The average Bonchev–Trinajstić information content (AvgIpc) is 2.75. The predicted octanol–water partition coefficient (Wildman–Crippen LogP) is 2.60. The van der Waals surface area contributed by atoms with Gasteiger partial charge in [0, 0.05) is 18.1 Å². The Balaban J connectivity index is 0.000000205. The van der Waals surface area contributed by atoms with Crippen molar-refractivity contribution in [2.75, 3.05) is 4.90 Å². The van der Waals surface area contributed by atoms with Gasteiger partial charge in [-0.25, -0.2) is 0 Å². The van der Waals surface area contributed by atoms with Crippen LogP contribution < -0.4 is 10.6 Å². The standard InChI is InChI=1S/C10H10N2OS.C5H5N/c1-7-9(13)12(10(11)14-7)8-5-3-2-4-6-8;1-2-4-6-5-3-1/h2-6,10H,1,11H2;1-5H. The molecule has 1 aromatic carbocycles. The summed E-state index contributed by atoms with van der Waals surface area (Å²) in [5, 5.41) is 0. The molecule has 1 amide bonds. The van der Waals surface area contributed by atoms with Crippen LogP contribution in [0.4, 0.5) is 5.69 Å². The van der Waals surface area contributed by atoms with Crippen LogP contribution in [0.1, 0.15) is 0 Å². The molecule has 0 radical (unpaired) electrons. The predicted molar refractivity (Wildman–Crippen MR) is 82.9 cm³/mol. The van der Waals surface area contributed by atoms with Gasteiger partial charge in [-0.1, -0.05) is 42.6 Å². The van der Waals surface area contributed by atoms with Gasteiger partial charge in [0.05, 0.1) is 4.91 Å². The molecule has 1 aliphatic heterocycles. The third kappa shape index (κ3) is 3.46. The van der Waals surface area contributed by atoms with Crippen LogP contribution in [0.5, 0.6) is 0 Å². The molecule has 1 fully saturated rings. The Morgan fingerprint density at radius 2 is 1.70 bits per heavy atom.